The fourth-order valence-electron chi connectivity index (χ4n) is 1.60. The Kier molecular flexibility index (Phi) is 5.43. The van der Waals surface area contributed by atoms with E-state index in [-0.39, 0.29) is 6.04 Å². The Balaban J connectivity index is 2.92. The number of nitrogen functional groups attached to an aromatic ring is 1. The summed E-state index contributed by atoms with van der Waals surface area (Å²) < 4.78 is 53.2. The average molecular weight is 307 g/mol. The predicted molar refractivity (Wildman–Crippen MR) is 73.7 cm³/mol. The molecule has 8 heteroatoms. The molecule has 0 radical (unpaired) electrons. The summed E-state index contributed by atoms with van der Waals surface area (Å²) in [5.74, 6) is -2.25. The maximum atomic E-state index is 13.7. The van der Waals surface area contributed by atoms with Crippen LogP contribution in [0.1, 0.15) is 13.3 Å². The number of hydrogen-bond acceptors (Lipinski definition) is 4. The molecule has 0 aliphatic heterocycles. The first-order valence-electron chi connectivity index (χ1n) is 6.05. The molecule has 0 bridgehead atoms. The number of nitrogens with zero attached hydrogens (tertiary/aromatic N) is 1. The van der Waals surface area contributed by atoms with Crippen LogP contribution < -0.4 is 10.5 Å². The molecular weight excluding hydrogens is 288 g/mol. The molecule has 0 aromatic heterocycles. The highest BCUT2D eigenvalue weighted by Crippen LogP contribution is 2.22. The lowest BCUT2D eigenvalue weighted by molar-refractivity contribution is 0.378. The van der Waals surface area contributed by atoms with E-state index in [1.165, 1.54) is 0 Å². The highest BCUT2D eigenvalue weighted by Gasteiger charge is 2.24. The van der Waals surface area contributed by atoms with Crippen LogP contribution in [0, 0.1) is 11.6 Å². The second kappa shape index (κ2) is 6.47. The van der Waals surface area contributed by atoms with Crippen molar-refractivity contribution in [3.8, 4) is 0 Å². The zero-order valence-corrected chi connectivity index (χ0v) is 12.5. The molecule has 0 spiro atoms. The van der Waals surface area contributed by atoms with Gasteiger partial charge in [0.25, 0.3) is 0 Å². The van der Waals surface area contributed by atoms with E-state index in [1.54, 1.807) is 6.92 Å². The van der Waals surface area contributed by atoms with Gasteiger partial charge in [-0.05, 0) is 46.1 Å². The number of hydrogen-bond donors (Lipinski definition) is 2. The molecule has 1 rings (SSSR count). The van der Waals surface area contributed by atoms with E-state index in [2.05, 4.69) is 4.72 Å². The van der Waals surface area contributed by atoms with Crippen LogP contribution in [-0.2, 0) is 10.0 Å². The number of anilines is 1. The van der Waals surface area contributed by atoms with E-state index in [4.69, 9.17) is 5.73 Å². The zero-order valence-electron chi connectivity index (χ0n) is 11.7. The van der Waals surface area contributed by atoms with E-state index >= 15 is 0 Å². The van der Waals surface area contributed by atoms with Gasteiger partial charge in [0.05, 0.1) is 0 Å². The van der Waals surface area contributed by atoms with Crippen molar-refractivity contribution in [3.05, 3.63) is 23.8 Å². The summed E-state index contributed by atoms with van der Waals surface area (Å²) in [4.78, 5) is 1.26. The average Bonchev–Trinajstić information content (AvgIpc) is 2.32. The number of nitrogens with two attached hydrogens (primary N) is 1. The Bertz CT molecular complexity index is 576. The minimum absolute atomic E-state index is 0.381. The Labute approximate surface area is 117 Å². The van der Waals surface area contributed by atoms with Crippen LogP contribution in [0.2, 0.25) is 0 Å². The van der Waals surface area contributed by atoms with Crippen LogP contribution in [-0.4, -0.2) is 40.0 Å². The number of nitrogens with one attached hydrogen (secondary N) is 1. The van der Waals surface area contributed by atoms with Crippen molar-refractivity contribution in [3.63, 3.8) is 0 Å². The van der Waals surface area contributed by atoms with Crippen molar-refractivity contribution in [2.75, 3.05) is 26.4 Å². The Hall–Kier alpha value is -1.25. The molecule has 0 aliphatic rings. The molecule has 1 aromatic rings. The first-order chi connectivity index (χ1) is 9.15. The molecule has 114 valence electrons. The van der Waals surface area contributed by atoms with Gasteiger partial charge < -0.3 is 10.6 Å². The third-order valence-corrected chi connectivity index (χ3v) is 4.35. The summed E-state index contributed by atoms with van der Waals surface area (Å²) >= 11 is 0. The molecule has 1 unspecified atom stereocenters. The fraction of sp³-hybridized carbons (Fsp3) is 0.500. The summed E-state index contributed by atoms with van der Waals surface area (Å²) in [6.45, 7) is 2.35. The second-order valence-electron chi connectivity index (χ2n) is 4.89. The molecule has 0 saturated carbocycles. The van der Waals surface area contributed by atoms with Gasteiger partial charge in [-0.3, -0.25) is 0 Å². The first-order valence-corrected chi connectivity index (χ1v) is 7.54. The van der Waals surface area contributed by atoms with E-state index in [0.717, 1.165) is 12.1 Å². The van der Waals surface area contributed by atoms with Crippen LogP contribution >= 0.6 is 0 Å². The van der Waals surface area contributed by atoms with Crippen molar-refractivity contribution in [2.24, 2.45) is 0 Å². The molecular formula is C12H19F2N3O2S. The third-order valence-electron chi connectivity index (χ3n) is 2.75. The summed E-state index contributed by atoms with van der Waals surface area (Å²) in [5, 5.41) is 0. The van der Waals surface area contributed by atoms with Gasteiger partial charge in [-0.25, -0.2) is 21.9 Å². The minimum Gasteiger partial charge on any atom is -0.394 e. The van der Waals surface area contributed by atoms with Gasteiger partial charge in [-0.1, -0.05) is 0 Å². The molecule has 0 heterocycles. The quantitative estimate of drug-likeness (QED) is 0.774. The second-order valence-corrected chi connectivity index (χ2v) is 6.57. The topological polar surface area (TPSA) is 75.4 Å². The Morgan fingerprint density at radius 1 is 1.35 bits per heavy atom. The molecule has 5 nitrogen and oxygen atoms in total. The largest absolute Gasteiger partial charge is 0.394 e. The highest BCUT2D eigenvalue weighted by atomic mass is 32.2. The van der Waals surface area contributed by atoms with Crippen molar-refractivity contribution in [1.82, 2.24) is 9.62 Å². The van der Waals surface area contributed by atoms with Crippen LogP contribution in [0.4, 0.5) is 14.5 Å². The Morgan fingerprint density at radius 2 is 1.95 bits per heavy atom. The number of rotatable bonds is 6. The van der Waals surface area contributed by atoms with Gasteiger partial charge >= 0.3 is 0 Å². The van der Waals surface area contributed by atoms with Gasteiger partial charge in [0, 0.05) is 6.04 Å². The molecule has 0 aliphatic carbocycles. The normalized spacial score (nSPS) is 13.7. The summed E-state index contributed by atoms with van der Waals surface area (Å²) in [6, 6.07) is 1.31. The van der Waals surface area contributed by atoms with E-state index in [0.29, 0.717) is 13.0 Å². The molecule has 1 atom stereocenters. The van der Waals surface area contributed by atoms with Crippen molar-refractivity contribution in [1.29, 1.82) is 0 Å². The summed E-state index contributed by atoms with van der Waals surface area (Å²) in [6.07, 6.45) is 0.560. The SMILES string of the molecule is CC(CCN(C)C)NS(=O)(=O)c1ccc(F)c(N)c1F. The lowest BCUT2D eigenvalue weighted by atomic mass is 10.2. The van der Waals surface area contributed by atoms with Crippen LogP contribution in [0.15, 0.2) is 17.0 Å². The van der Waals surface area contributed by atoms with Gasteiger partial charge in [0.1, 0.15) is 16.4 Å². The monoisotopic (exact) mass is 307 g/mol. The standard InChI is InChI=1S/C12H19F2N3O2S/c1-8(6-7-17(2)3)16-20(18,19)10-5-4-9(13)12(15)11(10)14/h4-5,8,16H,6-7,15H2,1-3H3. The van der Waals surface area contributed by atoms with Gasteiger partial charge in [-0.15, -0.1) is 0 Å². The molecule has 0 saturated heterocycles. The maximum Gasteiger partial charge on any atom is 0.243 e. The lowest BCUT2D eigenvalue weighted by Crippen LogP contribution is -2.35. The number of benzene rings is 1. The van der Waals surface area contributed by atoms with Gasteiger partial charge in [-0.2, -0.15) is 0 Å². The van der Waals surface area contributed by atoms with E-state index < -0.39 is 32.2 Å². The van der Waals surface area contributed by atoms with Crippen molar-refractivity contribution < 1.29 is 17.2 Å². The van der Waals surface area contributed by atoms with Gasteiger partial charge in [0.15, 0.2) is 5.82 Å². The molecule has 0 amide bonds. The lowest BCUT2D eigenvalue weighted by Gasteiger charge is -2.17. The fourth-order valence-corrected chi connectivity index (χ4v) is 2.96. The predicted octanol–water partition coefficient (Wildman–Crippen LogP) is 1.17. The van der Waals surface area contributed by atoms with Crippen LogP contribution in [0.3, 0.4) is 0 Å². The van der Waals surface area contributed by atoms with Gasteiger partial charge in [0.2, 0.25) is 10.0 Å². The van der Waals surface area contributed by atoms with Crippen molar-refractivity contribution in [2.45, 2.75) is 24.3 Å². The minimum atomic E-state index is -4.07. The molecule has 1 aromatic carbocycles. The molecule has 0 fully saturated rings. The van der Waals surface area contributed by atoms with E-state index in [9.17, 15) is 17.2 Å². The smallest absolute Gasteiger partial charge is 0.243 e. The summed E-state index contributed by atoms with van der Waals surface area (Å²) in [5.41, 5.74) is 4.36. The first kappa shape index (κ1) is 16.8. The number of halogens is 2. The molecule has 20 heavy (non-hydrogen) atoms. The zero-order chi connectivity index (χ0) is 15.5. The highest BCUT2D eigenvalue weighted by molar-refractivity contribution is 7.89. The van der Waals surface area contributed by atoms with Crippen LogP contribution in [0.5, 0.6) is 0 Å². The Morgan fingerprint density at radius 3 is 2.50 bits per heavy atom. The maximum absolute atomic E-state index is 13.7. The van der Waals surface area contributed by atoms with Crippen molar-refractivity contribution >= 4 is 15.7 Å². The number of sulfonamides is 1. The molecule has 3 N–H and O–H groups in total. The third kappa shape index (κ3) is 4.12. The summed E-state index contributed by atoms with van der Waals surface area (Å²) in [7, 11) is -0.342. The van der Waals surface area contributed by atoms with E-state index in [1.807, 2.05) is 19.0 Å². The van der Waals surface area contributed by atoms with Crippen LogP contribution in [0.25, 0.3) is 0 Å².